The van der Waals surface area contributed by atoms with Gasteiger partial charge in [0.05, 0.1) is 61.7 Å². The molecule has 2 aliphatic heterocycles. The van der Waals surface area contributed by atoms with Gasteiger partial charge in [0, 0.05) is 36.6 Å². The first-order chi connectivity index (χ1) is 30.7. The number of hydrogen-bond donors (Lipinski definition) is 0. The molecule has 10 nitrogen and oxygen atoms in total. The minimum absolute atomic E-state index is 0.0956. The second kappa shape index (κ2) is 19.6. The molecule has 4 heterocycles. The van der Waals surface area contributed by atoms with Crippen molar-refractivity contribution >= 4 is 24.0 Å². The minimum Gasteiger partial charge on any atom is -0.495 e. The van der Waals surface area contributed by atoms with Crippen molar-refractivity contribution in [1.29, 1.82) is 0 Å². The van der Waals surface area contributed by atoms with Crippen LogP contribution in [0.25, 0.3) is 23.5 Å². The summed E-state index contributed by atoms with van der Waals surface area (Å²) in [6.07, 6.45) is 14.0. The van der Waals surface area contributed by atoms with E-state index in [-0.39, 0.29) is 23.9 Å². The Hall–Kier alpha value is -6.96. The predicted molar refractivity (Wildman–Crippen MR) is 237 cm³/mol. The van der Waals surface area contributed by atoms with Gasteiger partial charge in [0.1, 0.15) is 11.5 Å². The molecule has 0 saturated carbocycles. The number of likely N-dealkylation sites (tertiary alicyclic amines) is 2. The van der Waals surface area contributed by atoms with Crippen LogP contribution in [-0.4, -0.2) is 68.0 Å². The van der Waals surface area contributed by atoms with Gasteiger partial charge < -0.3 is 28.4 Å². The molecule has 0 radical (unpaired) electrons. The minimum atomic E-state index is -0.908. The van der Waals surface area contributed by atoms with Crippen molar-refractivity contribution in [2.45, 2.75) is 65.5 Å². The maximum Gasteiger partial charge on any atom is 0.250 e. The lowest BCUT2D eigenvalue weighted by molar-refractivity contribution is -0.131. The summed E-state index contributed by atoms with van der Waals surface area (Å²) in [6, 6.07) is 18.4. The first-order valence-electron chi connectivity index (χ1n) is 21.1. The molecule has 0 spiro atoms. The van der Waals surface area contributed by atoms with Crippen LogP contribution in [0.4, 0.5) is 17.6 Å². The molecule has 2 aromatic heterocycles. The average Bonchev–Trinajstić information content (AvgIpc) is 3.94. The number of carbonyl (C=O) groups is 2. The van der Waals surface area contributed by atoms with Crippen molar-refractivity contribution in [1.82, 2.24) is 28.9 Å². The van der Waals surface area contributed by atoms with Gasteiger partial charge in [-0.05, 0) is 136 Å². The summed E-state index contributed by atoms with van der Waals surface area (Å²) in [5.41, 5.74) is 7.74. The number of aromatic nitrogens is 4. The molecule has 0 bridgehead atoms. The van der Waals surface area contributed by atoms with Crippen LogP contribution in [0.1, 0.15) is 85.3 Å². The molecule has 2 saturated heterocycles. The van der Waals surface area contributed by atoms with Gasteiger partial charge in [0.25, 0.3) is 0 Å². The maximum absolute atomic E-state index is 13.7. The molecule has 2 amide bonds. The molecule has 64 heavy (non-hydrogen) atoms. The van der Waals surface area contributed by atoms with Crippen LogP contribution in [0.3, 0.4) is 0 Å². The SMILES string of the molecule is COc1cc(/C=C2\CCCN(C(C)c3ccc(F)c(F)c3)C2=O)ccc1-n1cnc(C)c1.COc1cc(/C=C2\CCCN([C@H](C)c3ccc(F)c(F)c3)C2=O)ccc1-n1cnc(C)c1. The smallest absolute Gasteiger partial charge is 0.250 e. The molecule has 0 N–H and O–H groups in total. The van der Waals surface area contributed by atoms with Crippen molar-refractivity contribution in [2.24, 2.45) is 0 Å². The van der Waals surface area contributed by atoms with E-state index in [0.29, 0.717) is 59.7 Å². The lowest BCUT2D eigenvalue weighted by atomic mass is 9.97. The number of hydrogen-bond acceptors (Lipinski definition) is 6. The Morgan fingerprint density at radius 2 is 0.984 bits per heavy atom. The van der Waals surface area contributed by atoms with Gasteiger partial charge in [-0.2, -0.15) is 0 Å². The zero-order chi connectivity index (χ0) is 45.7. The fraction of sp³-hybridized carbons (Fsp3) is 0.280. The van der Waals surface area contributed by atoms with Gasteiger partial charge in [-0.25, -0.2) is 27.5 Å². The highest BCUT2D eigenvalue weighted by Crippen LogP contribution is 2.33. The normalized spacial score (nSPS) is 16.5. The standard InChI is InChI=1S/2C25H25F2N3O2/c2*1-16-14-29(15-28-16)23-9-6-18(12-24(23)32-3)11-20-5-4-10-30(25(20)31)17(2)19-7-8-21(26)22(27)13-19/h2*6-9,11-15,17H,4-5,10H2,1-3H3/b2*20-11+/t17-;/m1./s1. The molecule has 2 atom stereocenters. The van der Waals surface area contributed by atoms with E-state index >= 15 is 0 Å². The van der Waals surface area contributed by atoms with Crippen LogP contribution >= 0.6 is 0 Å². The van der Waals surface area contributed by atoms with E-state index in [1.165, 1.54) is 12.1 Å². The third kappa shape index (κ3) is 9.96. The first kappa shape index (κ1) is 45.1. The number of benzene rings is 4. The van der Waals surface area contributed by atoms with E-state index in [0.717, 1.165) is 71.0 Å². The zero-order valence-corrected chi connectivity index (χ0v) is 36.6. The summed E-state index contributed by atoms with van der Waals surface area (Å²) in [5, 5.41) is 0. The van der Waals surface area contributed by atoms with Crippen molar-refractivity contribution in [3.63, 3.8) is 0 Å². The van der Waals surface area contributed by atoms with E-state index in [1.54, 1.807) is 36.7 Å². The first-order valence-corrected chi connectivity index (χ1v) is 21.1. The molecule has 2 aliphatic rings. The monoisotopic (exact) mass is 874 g/mol. The van der Waals surface area contributed by atoms with Crippen molar-refractivity contribution in [2.75, 3.05) is 27.3 Å². The molecule has 2 fully saturated rings. The van der Waals surface area contributed by atoms with Crippen LogP contribution < -0.4 is 9.47 Å². The average molecular weight is 875 g/mol. The van der Waals surface area contributed by atoms with Crippen LogP contribution in [0.5, 0.6) is 11.5 Å². The Morgan fingerprint density at radius 1 is 0.578 bits per heavy atom. The van der Waals surface area contributed by atoms with Crippen LogP contribution in [0.15, 0.2) is 109 Å². The summed E-state index contributed by atoms with van der Waals surface area (Å²) in [4.78, 5) is 38.3. The van der Waals surface area contributed by atoms with E-state index < -0.39 is 23.3 Å². The van der Waals surface area contributed by atoms with Gasteiger partial charge in [0.2, 0.25) is 11.8 Å². The van der Waals surface area contributed by atoms with Gasteiger partial charge >= 0.3 is 0 Å². The Morgan fingerprint density at radius 3 is 1.33 bits per heavy atom. The Balaban J connectivity index is 0.000000191. The van der Waals surface area contributed by atoms with Crippen LogP contribution in [0, 0.1) is 37.1 Å². The second-order valence-electron chi connectivity index (χ2n) is 15.9. The number of methoxy groups -OCH3 is 2. The van der Waals surface area contributed by atoms with Crippen LogP contribution in [-0.2, 0) is 9.59 Å². The van der Waals surface area contributed by atoms with Gasteiger partial charge in [-0.1, -0.05) is 24.3 Å². The molecule has 6 aromatic rings. The number of carbonyl (C=O) groups excluding carboxylic acids is 2. The quantitative estimate of drug-likeness (QED) is 0.101. The van der Waals surface area contributed by atoms with Gasteiger partial charge in [0.15, 0.2) is 23.3 Å². The molecule has 0 aliphatic carbocycles. The van der Waals surface area contributed by atoms with Crippen molar-refractivity contribution in [3.8, 4) is 22.9 Å². The fourth-order valence-electron chi connectivity index (χ4n) is 8.08. The number of nitrogens with zero attached hydrogens (tertiary/aromatic N) is 6. The number of rotatable bonds is 10. The number of imidazole rings is 2. The predicted octanol–water partition coefficient (Wildman–Crippen LogP) is 10.5. The molecular formula is C50H50F4N6O4. The van der Waals surface area contributed by atoms with Crippen molar-refractivity contribution in [3.05, 3.63) is 166 Å². The third-order valence-electron chi connectivity index (χ3n) is 11.6. The van der Waals surface area contributed by atoms with Gasteiger partial charge in [-0.15, -0.1) is 0 Å². The highest BCUT2D eigenvalue weighted by Gasteiger charge is 2.30. The summed E-state index contributed by atoms with van der Waals surface area (Å²) in [5.74, 6) is -2.45. The van der Waals surface area contributed by atoms with E-state index in [9.17, 15) is 27.2 Å². The molecule has 1 unspecified atom stereocenters. The zero-order valence-electron chi connectivity index (χ0n) is 36.6. The fourth-order valence-corrected chi connectivity index (χ4v) is 8.08. The third-order valence-corrected chi connectivity index (χ3v) is 11.6. The lowest BCUT2D eigenvalue weighted by Crippen LogP contribution is -2.38. The summed E-state index contributed by atoms with van der Waals surface area (Å²) in [7, 11) is 3.22. The maximum atomic E-state index is 13.7. The Bertz CT molecular complexity index is 2560. The van der Waals surface area contributed by atoms with Gasteiger partial charge in [-0.3, -0.25) is 9.59 Å². The summed E-state index contributed by atoms with van der Waals surface area (Å²) >= 11 is 0. The molecular weight excluding hydrogens is 825 g/mol. The van der Waals surface area contributed by atoms with Crippen LogP contribution in [0.2, 0.25) is 0 Å². The molecule has 4 aromatic carbocycles. The second-order valence-corrected chi connectivity index (χ2v) is 15.9. The number of halogens is 4. The van der Waals surface area contributed by atoms with E-state index in [4.69, 9.17) is 9.47 Å². The number of piperidine rings is 2. The number of amides is 2. The molecule has 332 valence electrons. The molecule has 8 rings (SSSR count). The number of aryl methyl sites for hydroxylation is 2. The largest absolute Gasteiger partial charge is 0.495 e. The van der Waals surface area contributed by atoms with E-state index in [1.807, 2.05) is 97.8 Å². The topological polar surface area (TPSA) is 94.7 Å². The Labute approximate surface area is 370 Å². The molecule has 14 heteroatoms. The number of ether oxygens (including phenoxy) is 2. The Kier molecular flexibility index (Phi) is 13.8. The summed E-state index contributed by atoms with van der Waals surface area (Å²) in [6.45, 7) is 8.64. The highest BCUT2D eigenvalue weighted by atomic mass is 19.2. The van der Waals surface area contributed by atoms with E-state index in [2.05, 4.69) is 9.97 Å². The lowest BCUT2D eigenvalue weighted by Gasteiger charge is -2.34. The summed E-state index contributed by atoms with van der Waals surface area (Å²) < 4.78 is 68.9. The van der Waals surface area contributed by atoms with Crippen molar-refractivity contribution < 1.29 is 36.6 Å². The highest BCUT2D eigenvalue weighted by molar-refractivity contribution is 5.99.